The van der Waals surface area contributed by atoms with Crippen LogP contribution in [0.15, 0.2) is 69.1 Å². The molecule has 0 aliphatic heterocycles. The van der Waals surface area contributed by atoms with Gasteiger partial charge >= 0.3 is 5.63 Å². The molecule has 0 spiro atoms. The SMILES string of the molecule is CSc1nc(-c2cc3ccccc3oc2=O)cn1-c1ccc(Cl)cc1Cl. The van der Waals surface area contributed by atoms with Gasteiger partial charge in [-0.3, -0.25) is 4.57 Å². The maximum atomic E-state index is 12.4. The molecule has 0 bridgehead atoms. The number of fused-ring (bicyclic) bond motifs is 1. The highest BCUT2D eigenvalue weighted by atomic mass is 35.5. The topological polar surface area (TPSA) is 48.0 Å². The van der Waals surface area contributed by atoms with Crippen LogP contribution in [0.25, 0.3) is 27.9 Å². The molecule has 4 rings (SSSR count). The van der Waals surface area contributed by atoms with E-state index in [-0.39, 0.29) is 0 Å². The van der Waals surface area contributed by atoms with Crippen molar-refractivity contribution in [2.75, 3.05) is 6.26 Å². The van der Waals surface area contributed by atoms with Crippen LogP contribution in [0.4, 0.5) is 0 Å². The zero-order chi connectivity index (χ0) is 18.3. The van der Waals surface area contributed by atoms with Crippen LogP contribution in [0.1, 0.15) is 0 Å². The summed E-state index contributed by atoms with van der Waals surface area (Å²) in [6.07, 6.45) is 3.69. The molecule has 0 amide bonds. The highest BCUT2D eigenvalue weighted by molar-refractivity contribution is 7.98. The number of hydrogen-bond donors (Lipinski definition) is 0. The number of rotatable bonds is 3. The Hall–Kier alpha value is -2.21. The number of para-hydroxylation sites is 1. The molecule has 2 aromatic heterocycles. The Morgan fingerprint density at radius 3 is 2.69 bits per heavy atom. The maximum Gasteiger partial charge on any atom is 0.345 e. The minimum Gasteiger partial charge on any atom is -0.422 e. The molecule has 0 N–H and O–H groups in total. The van der Waals surface area contributed by atoms with E-state index < -0.39 is 5.63 Å². The van der Waals surface area contributed by atoms with Crippen molar-refractivity contribution in [3.05, 3.63) is 75.2 Å². The predicted molar refractivity (Wildman–Crippen MR) is 107 cm³/mol. The number of aromatic nitrogens is 2. The van der Waals surface area contributed by atoms with Crippen LogP contribution in [0, 0.1) is 0 Å². The molecule has 0 saturated heterocycles. The third-order valence-corrected chi connectivity index (χ3v) is 5.13. The Morgan fingerprint density at radius 2 is 1.92 bits per heavy atom. The second kappa shape index (κ2) is 6.83. The zero-order valence-corrected chi connectivity index (χ0v) is 15.9. The van der Waals surface area contributed by atoms with E-state index in [1.54, 1.807) is 30.5 Å². The fourth-order valence-electron chi connectivity index (χ4n) is 2.73. The van der Waals surface area contributed by atoms with Gasteiger partial charge in [0.25, 0.3) is 0 Å². The van der Waals surface area contributed by atoms with Gasteiger partial charge in [0.05, 0.1) is 22.0 Å². The summed E-state index contributed by atoms with van der Waals surface area (Å²) in [5.41, 5.74) is 1.79. The van der Waals surface area contributed by atoms with Gasteiger partial charge in [-0.15, -0.1) is 0 Å². The number of thioether (sulfide) groups is 1. The minimum absolute atomic E-state index is 0.405. The largest absolute Gasteiger partial charge is 0.422 e. The van der Waals surface area contributed by atoms with E-state index in [0.717, 1.165) is 11.1 Å². The molecular formula is C19H12Cl2N2O2S. The van der Waals surface area contributed by atoms with Gasteiger partial charge in [0.2, 0.25) is 0 Å². The Labute approximate surface area is 163 Å². The van der Waals surface area contributed by atoms with Crippen molar-refractivity contribution >= 4 is 45.9 Å². The molecular weight excluding hydrogens is 391 g/mol. The first kappa shape index (κ1) is 17.2. The van der Waals surface area contributed by atoms with E-state index in [1.807, 2.05) is 35.1 Å². The average molecular weight is 403 g/mol. The van der Waals surface area contributed by atoms with Crippen molar-refractivity contribution < 1.29 is 4.42 Å². The summed E-state index contributed by atoms with van der Waals surface area (Å²) in [6, 6.07) is 14.4. The second-order valence-electron chi connectivity index (χ2n) is 5.56. The van der Waals surface area contributed by atoms with Crippen LogP contribution >= 0.6 is 35.0 Å². The summed E-state index contributed by atoms with van der Waals surface area (Å²) in [4.78, 5) is 17.0. The Morgan fingerprint density at radius 1 is 1.12 bits per heavy atom. The standard InChI is InChI=1S/C19H12Cl2N2O2S/c1-26-19-22-15(10-23(19)16-7-6-12(20)9-14(16)21)13-8-11-4-2-3-5-17(11)25-18(13)24/h2-10H,1H3. The van der Waals surface area contributed by atoms with Crippen LogP contribution in [0.3, 0.4) is 0 Å². The van der Waals surface area contributed by atoms with E-state index in [1.165, 1.54) is 11.8 Å². The fraction of sp³-hybridized carbons (Fsp3) is 0.0526. The Kier molecular flexibility index (Phi) is 4.53. The van der Waals surface area contributed by atoms with Crippen molar-refractivity contribution in [2.45, 2.75) is 5.16 Å². The average Bonchev–Trinajstić information content (AvgIpc) is 3.05. The lowest BCUT2D eigenvalue weighted by Crippen LogP contribution is -2.02. The van der Waals surface area contributed by atoms with Crippen LogP contribution < -0.4 is 5.63 Å². The summed E-state index contributed by atoms with van der Waals surface area (Å²) in [6.45, 7) is 0. The number of halogens is 2. The van der Waals surface area contributed by atoms with Crippen molar-refractivity contribution in [3.63, 3.8) is 0 Å². The van der Waals surface area contributed by atoms with E-state index in [0.29, 0.717) is 32.0 Å². The number of benzene rings is 2. The second-order valence-corrected chi connectivity index (χ2v) is 7.18. The van der Waals surface area contributed by atoms with Crippen molar-refractivity contribution in [2.24, 2.45) is 0 Å². The Balaban J connectivity index is 1.90. The van der Waals surface area contributed by atoms with Crippen LogP contribution in [0.5, 0.6) is 0 Å². The van der Waals surface area contributed by atoms with E-state index >= 15 is 0 Å². The highest BCUT2D eigenvalue weighted by Crippen LogP contribution is 2.30. The summed E-state index contributed by atoms with van der Waals surface area (Å²) >= 11 is 13.8. The molecule has 2 heterocycles. The van der Waals surface area contributed by atoms with E-state index in [4.69, 9.17) is 27.6 Å². The van der Waals surface area contributed by atoms with Crippen LogP contribution in [-0.4, -0.2) is 15.8 Å². The first-order chi connectivity index (χ1) is 12.6. The van der Waals surface area contributed by atoms with E-state index in [9.17, 15) is 4.79 Å². The molecule has 4 nitrogen and oxygen atoms in total. The summed E-state index contributed by atoms with van der Waals surface area (Å²) in [5, 5.41) is 2.60. The molecule has 0 atom stereocenters. The lowest BCUT2D eigenvalue weighted by Gasteiger charge is -2.08. The van der Waals surface area contributed by atoms with Gasteiger partial charge in [-0.25, -0.2) is 9.78 Å². The van der Waals surface area contributed by atoms with Crippen molar-refractivity contribution in [3.8, 4) is 16.9 Å². The molecule has 26 heavy (non-hydrogen) atoms. The van der Waals surface area contributed by atoms with Crippen LogP contribution in [-0.2, 0) is 0 Å². The molecule has 7 heteroatoms. The molecule has 0 fully saturated rings. The molecule has 4 aromatic rings. The number of nitrogens with zero attached hydrogens (tertiary/aromatic N) is 2. The summed E-state index contributed by atoms with van der Waals surface area (Å²) in [7, 11) is 0. The molecule has 0 aliphatic rings. The fourth-order valence-corrected chi connectivity index (χ4v) is 3.76. The first-order valence-corrected chi connectivity index (χ1v) is 9.67. The minimum atomic E-state index is -0.428. The van der Waals surface area contributed by atoms with Crippen molar-refractivity contribution in [1.29, 1.82) is 0 Å². The monoisotopic (exact) mass is 402 g/mol. The lowest BCUT2D eigenvalue weighted by molar-refractivity contribution is 0.563. The molecule has 130 valence electrons. The van der Waals surface area contributed by atoms with Gasteiger partial charge in [0.1, 0.15) is 5.58 Å². The first-order valence-electron chi connectivity index (χ1n) is 7.69. The molecule has 0 radical (unpaired) electrons. The Bertz CT molecular complexity index is 1180. The number of hydrogen-bond acceptors (Lipinski definition) is 4. The summed E-state index contributed by atoms with van der Waals surface area (Å²) < 4.78 is 7.26. The maximum absolute atomic E-state index is 12.4. The third kappa shape index (κ3) is 3.03. The van der Waals surface area contributed by atoms with Crippen LogP contribution in [0.2, 0.25) is 10.0 Å². The third-order valence-electron chi connectivity index (χ3n) is 3.94. The molecule has 0 saturated carbocycles. The predicted octanol–water partition coefficient (Wildman–Crippen LogP) is 5.67. The summed E-state index contributed by atoms with van der Waals surface area (Å²) in [5.74, 6) is 0. The van der Waals surface area contributed by atoms with E-state index in [2.05, 4.69) is 4.98 Å². The van der Waals surface area contributed by atoms with Gasteiger partial charge in [0, 0.05) is 16.6 Å². The van der Waals surface area contributed by atoms with Crippen molar-refractivity contribution in [1.82, 2.24) is 9.55 Å². The van der Waals surface area contributed by atoms with Gasteiger partial charge in [-0.2, -0.15) is 0 Å². The molecule has 0 aliphatic carbocycles. The smallest absolute Gasteiger partial charge is 0.345 e. The van der Waals surface area contributed by atoms with Gasteiger partial charge in [-0.1, -0.05) is 53.2 Å². The zero-order valence-electron chi connectivity index (χ0n) is 13.6. The van der Waals surface area contributed by atoms with Gasteiger partial charge in [-0.05, 0) is 36.6 Å². The quantitative estimate of drug-likeness (QED) is 0.327. The van der Waals surface area contributed by atoms with Gasteiger partial charge < -0.3 is 4.42 Å². The van der Waals surface area contributed by atoms with Gasteiger partial charge in [0.15, 0.2) is 5.16 Å². The lowest BCUT2D eigenvalue weighted by atomic mass is 10.1. The molecule has 2 aromatic carbocycles. The molecule has 0 unspecified atom stereocenters. The highest BCUT2D eigenvalue weighted by Gasteiger charge is 2.16. The normalized spacial score (nSPS) is 11.2. The number of imidazole rings is 1.